The van der Waals surface area contributed by atoms with E-state index in [-0.39, 0.29) is 24.5 Å². The number of nitrogens with zero attached hydrogens (tertiary/aromatic N) is 2. The summed E-state index contributed by atoms with van der Waals surface area (Å²) in [6, 6.07) is -0.239. The van der Waals surface area contributed by atoms with Crippen LogP contribution in [-0.2, 0) is 19.0 Å². The number of rotatable bonds is 4. The molecule has 1 saturated heterocycles. The van der Waals surface area contributed by atoms with Gasteiger partial charge >= 0.3 is 5.97 Å². The van der Waals surface area contributed by atoms with Crippen molar-refractivity contribution < 1.29 is 44.8 Å². The first-order valence-corrected chi connectivity index (χ1v) is 15.3. The fourth-order valence-corrected chi connectivity index (χ4v) is 6.80. The summed E-state index contributed by atoms with van der Waals surface area (Å²) < 4.78 is 18.3. The third-order valence-electron chi connectivity index (χ3n) is 9.25. The van der Waals surface area contributed by atoms with Gasteiger partial charge in [0.25, 0.3) is 5.84 Å². The minimum Gasteiger partial charge on any atom is -0.459 e. The molecule has 3 rings (SSSR count). The molecule has 12 atom stereocenters. The summed E-state index contributed by atoms with van der Waals surface area (Å²) in [6.45, 7) is 12.1. The highest BCUT2D eigenvalue weighted by molar-refractivity contribution is 6.09. The highest BCUT2D eigenvalue weighted by Crippen LogP contribution is 2.37. The molecule has 0 radical (unpaired) electrons. The average Bonchev–Trinajstić information content (AvgIpc) is 2.90. The number of likely N-dealkylation sites (N-methyl/N-ethyl adjacent to an activating group) is 1. The lowest BCUT2D eigenvalue weighted by molar-refractivity contribution is -0.298. The van der Waals surface area contributed by atoms with Crippen LogP contribution in [0.1, 0.15) is 80.6 Å². The lowest BCUT2D eigenvalue weighted by atomic mass is 9.75. The van der Waals surface area contributed by atoms with Gasteiger partial charge in [0.15, 0.2) is 12.0 Å². The maximum absolute atomic E-state index is 13.3. The molecule has 42 heavy (non-hydrogen) atoms. The lowest BCUT2D eigenvalue weighted by Crippen LogP contribution is -2.59. The molecule has 240 valence electrons. The summed E-state index contributed by atoms with van der Waals surface area (Å²) in [5.41, 5.74) is -1.67. The van der Waals surface area contributed by atoms with Crippen molar-refractivity contribution in [2.75, 3.05) is 14.1 Å². The normalized spacial score (nSPS) is 45.8. The summed E-state index contributed by atoms with van der Waals surface area (Å²) in [7, 11) is 3.75. The van der Waals surface area contributed by atoms with Gasteiger partial charge in [-0.1, -0.05) is 25.8 Å². The third-order valence-corrected chi connectivity index (χ3v) is 9.25. The molecule has 6 N–H and O–H groups in total. The molecule has 3 heterocycles. The minimum absolute atomic E-state index is 0.159. The molecular weight excluding hydrogens is 542 g/mol. The molecule has 0 saturated carbocycles. The Morgan fingerprint density at radius 1 is 1.12 bits per heavy atom. The highest BCUT2D eigenvalue weighted by atomic mass is 16.7. The topological polar surface area (TPSA) is 167 Å². The van der Waals surface area contributed by atoms with E-state index in [0.717, 1.165) is 5.57 Å². The van der Waals surface area contributed by atoms with Crippen LogP contribution in [-0.4, -0.2) is 111 Å². The molecule has 0 aliphatic carbocycles. The van der Waals surface area contributed by atoms with Crippen molar-refractivity contribution in [3.05, 3.63) is 11.6 Å². The highest BCUT2D eigenvalue weighted by Gasteiger charge is 2.49. The van der Waals surface area contributed by atoms with E-state index in [0.29, 0.717) is 37.2 Å². The summed E-state index contributed by atoms with van der Waals surface area (Å²) in [5.74, 6) is -2.32. The van der Waals surface area contributed by atoms with E-state index in [1.54, 1.807) is 33.8 Å². The second-order valence-corrected chi connectivity index (χ2v) is 13.4. The zero-order valence-corrected chi connectivity index (χ0v) is 26.8. The van der Waals surface area contributed by atoms with Gasteiger partial charge in [0.1, 0.15) is 17.8 Å². The second-order valence-electron chi connectivity index (χ2n) is 13.4. The molecule has 11 nitrogen and oxygen atoms in total. The smallest absolute Gasteiger partial charge is 0.311 e. The van der Waals surface area contributed by atoms with Gasteiger partial charge in [-0.05, 0) is 79.1 Å². The van der Waals surface area contributed by atoms with Gasteiger partial charge in [-0.3, -0.25) is 10.2 Å². The van der Waals surface area contributed by atoms with Gasteiger partial charge in [-0.15, -0.1) is 0 Å². The first-order valence-electron chi connectivity index (χ1n) is 15.3. The van der Waals surface area contributed by atoms with Gasteiger partial charge in [0.05, 0.1) is 36.3 Å². The van der Waals surface area contributed by atoms with E-state index in [1.807, 2.05) is 39.8 Å². The molecule has 0 spiro atoms. The number of aliphatic hydroxyl groups is 4. The van der Waals surface area contributed by atoms with E-state index in [1.165, 1.54) is 0 Å². The maximum atomic E-state index is 13.3. The van der Waals surface area contributed by atoms with Gasteiger partial charge in [-0.2, -0.15) is 0 Å². The number of hydrogen-bond donors (Lipinski definition) is 5. The zero-order chi connectivity index (χ0) is 31.7. The second kappa shape index (κ2) is 13.5. The minimum atomic E-state index is -1.57. The van der Waals surface area contributed by atoms with Crippen LogP contribution >= 0.6 is 0 Å². The molecule has 3 aliphatic heterocycles. The molecule has 0 aromatic heterocycles. The molecule has 0 aromatic carbocycles. The monoisotopic (exact) mass is 596 g/mol. The molecular formula is C31H54N3O8+. The number of hydrogen-bond acceptors (Lipinski definition) is 9. The molecule has 11 heteroatoms. The van der Waals surface area contributed by atoms with Crippen LogP contribution < -0.4 is 5.41 Å². The van der Waals surface area contributed by atoms with E-state index in [4.69, 9.17) is 19.6 Å². The van der Waals surface area contributed by atoms with E-state index >= 15 is 0 Å². The lowest BCUT2D eigenvalue weighted by Gasteiger charge is -2.46. The average molecular weight is 597 g/mol. The van der Waals surface area contributed by atoms with Crippen molar-refractivity contribution in [3.63, 3.8) is 0 Å². The van der Waals surface area contributed by atoms with Crippen LogP contribution in [0.4, 0.5) is 0 Å². The van der Waals surface area contributed by atoms with Crippen LogP contribution in [0.5, 0.6) is 0 Å². The quantitative estimate of drug-likeness (QED) is 0.292. The molecule has 0 bridgehead atoms. The number of aliphatic imine (C=N–C) groups is 1. The summed E-state index contributed by atoms with van der Waals surface area (Å²) >= 11 is 0. The Labute approximate surface area is 250 Å². The predicted molar refractivity (Wildman–Crippen MR) is 159 cm³/mol. The number of ether oxygens (including phenoxy) is 3. The summed E-state index contributed by atoms with van der Waals surface area (Å²) in [6.07, 6.45) is -1.66. The van der Waals surface area contributed by atoms with Crippen molar-refractivity contribution in [1.82, 2.24) is 4.90 Å². The number of allylic oxidation sites excluding steroid dienone is 1. The van der Waals surface area contributed by atoms with Crippen molar-refractivity contribution in [2.45, 2.75) is 135 Å². The number of nitrogens with two attached hydrogens (primary N) is 1. The van der Waals surface area contributed by atoms with Gasteiger partial charge < -0.3 is 39.5 Å². The molecule has 3 aliphatic rings. The number of carbonyl (C=O) groups is 1. The standard InChI is InChI=1S/C31H53N3O8/c1-10-22-30(6,38)15-20-11-12-23(32)33-24(20)16(2)14-31(7,39)27(18(4)25(35)19(5)28(37)41-22)42-29-26(36)21(34(8)9)13-17(3)40-29/h15-19,21-22,25-27,29,32,35-36,38-39H,10-14H2,1-9H3/p+1/b20-15+,32-23?/t16-,17-,18+,19-,21+,22-,25+,26-,27-,29+,30+,31+/m1/s1. The SMILES string of the molecule is CC[C@H]1OC(=O)[C@H](C)[C@@H](O)[C@H](C)[C@@H](O[C@@H]2O[C@H](C)C[C@H](N(C)C)[C@H]2O)[C@@](C)(O)C[C@@H](C)C2=NC(=[NH2+])CC/C2=C\[C@]1(C)O. The number of carbonyl (C=O) groups excluding carboxylic acids is 1. The Morgan fingerprint density at radius 3 is 2.36 bits per heavy atom. The summed E-state index contributed by atoms with van der Waals surface area (Å²) in [5, 5.41) is 52.4. The number of fused-ring (bicyclic) bond motifs is 1. The van der Waals surface area contributed by atoms with Crippen molar-refractivity contribution in [3.8, 4) is 0 Å². The van der Waals surface area contributed by atoms with E-state index in [2.05, 4.69) is 4.99 Å². The van der Waals surface area contributed by atoms with Crippen molar-refractivity contribution in [1.29, 1.82) is 0 Å². The van der Waals surface area contributed by atoms with Crippen LogP contribution in [0, 0.1) is 17.8 Å². The first-order chi connectivity index (χ1) is 19.4. The van der Waals surface area contributed by atoms with Crippen LogP contribution in [0.15, 0.2) is 16.6 Å². The molecule has 0 unspecified atom stereocenters. The van der Waals surface area contributed by atoms with Gasteiger partial charge in [-0.25, -0.2) is 0 Å². The Bertz CT molecular complexity index is 1040. The number of cyclic esters (lactones) is 1. The van der Waals surface area contributed by atoms with E-state index < -0.39 is 59.7 Å². The van der Waals surface area contributed by atoms with Gasteiger partial charge in [0, 0.05) is 17.9 Å². The largest absolute Gasteiger partial charge is 0.459 e. The predicted octanol–water partition coefficient (Wildman–Crippen LogP) is 0.613. The van der Waals surface area contributed by atoms with Crippen LogP contribution in [0.25, 0.3) is 0 Å². The Hall–Kier alpha value is -1.73. The Kier molecular flexibility index (Phi) is 11.2. The number of aliphatic hydroxyl groups excluding tert-OH is 2. The third kappa shape index (κ3) is 7.67. The number of amidine groups is 1. The van der Waals surface area contributed by atoms with Crippen molar-refractivity contribution in [2.24, 2.45) is 22.7 Å². The summed E-state index contributed by atoms with van der Waals surface area (Å²) in [4.78, 5) is 19.9. The molecule has 1 fully saturated rings. The van der Waals surface area contributed by atoms with E-state index in [9.17, 15) is 25.2 Å². The van der Waals surface area contributed by atoms with Gasteiger partial charge in [0.2, 0.25) is 0 Å². The Balaban J connectivity index is 2.10. The first kappa shape index (κ1) is 34.8. The Morgan fingerprint density at radius 2 is 1.76 bits per heavy atom. The van der Waals surface area contributed by atoms with Crippen LogP contribution in [0.3, 0.4) is 0 Å². The zero-order valence-electron chi connectivity index (χ0n) is 26.8. The fourth-order valence-electron chi connectivity index (χ4n) is 6.80. The number of esters is 1. The van der Waals surface area contributed by atoms with Crippen LogP contribution in [0.2, 0.25) is 0 Å². The molecule has 0 amide bonds. The molecule has 0 aromatic rings. The fraction of sp³-hybridized carbons (Fsp3) is 0.839. The van der Waals surface area contributed by atoms with Crippen molar-refractivity contribution >= 4 is 17.5 Å². The maximum Gasteiger partial charge on any atom is 0.311 e.